The largest absolute Gasteiger partial charge is 0.269 e. The second-order valence-electron chi connectivity index (χ2n) is 4.36. The number of aliphatic imine (C=N–C) groups is 1. The zero-order valence-corrected chi connectivity index (χ0v) is 12.1. The van der Waals surface area contributed by atoms with Crippen LogP contribution in [-0.4, -0.2) is 21.3 Å². The van der Waals surface area contributed by atoms with Crippen molar-refractivity contribution in [3.8, 4) is 10.6 Å². The quantitative estimate of drug-likeness (QED) is 0.416. The van der Waals surface area contributed by atoms with Crippen LogP contribution >= 0.6 is 11.3 Å². The molecule has 0 aliphatic carbocycles. The number of non-ortho nitro benzene ring substituents is 1. The molecule has 0 atom stereocenters. The van der Waals surface area contributed by atoms with Crippen LogP contribution in [0, 0.1) is 10.1 Å². The third kappa shape index (κ3) is 3.21. The average molecular weight is 310 g/mol. The van der Waals surface area contributed by atoms with E-state index < -0.39 is 4.92 Å². The molecule has 0 unspecified atom stereocenters. The van der Waals surface area contributed by atoms with Crippen LogP contribution in [0.1, 0.15) is 5.56 Å². The number of aromatic nitrogens is 2. The fourth-order valence-electron chi connectivity index (χ4n) is 1.78. The Morgan fingerprint density at radius 1 is 1.05 bits per heavy atom. The van der Waals surface area contributed by atoms with Crippen molar-refractivity contribution in [1.29, 1.82) is 0 Å². The Bertz CT molecular complexity index is 813. The Labute approximate surface area is 130 Å². The smallest absolute Gasteiger partial charge is 0.258 e. The fourth-order valence-corrected chi connectivity index (χ4v) is 2.47. The fraction of sp³-hybridized carbons (Fsp3) is 0. The number of nitro groups is 1. The molecule has 0 saturated heterocycles. The van der Waals surface area contributed by atoms with Crippen LogP contribution in [0.15, 0.2) is 59.6 Å². The Morgan fingerprint density at radius 3 is 2.45 bits per heavy atom. The number of benzene rings is 2. The monoisotopic (exact) mass is 310 g/mol. The third-order valence-electron chi connectivity index (χ3n) is 2.86. The zero-order chi connectivity index (χ0) is 15.4. The van der Waals surface area contributed by atoms with Crippen molar-refractivity contribution in [2.24, 2.45) is 4.99 Å². The summed E-state index contributed by atoms with van der Waals surface area (Å²) in [6.45, 7) is 0. The van der Waals surface area contributed by atoms with Gasteiger partial charge in [-0.1, -0.05) is 41.7 Å². The second-order valence-corrected chi connectivity index (χ2v) is 5.32. The molecule has 2 aromatic carbocycles. The molecule has 0 N–H and O–H groups in total. The molecule has 0 aliphatic heterocycles. The van der Waals surface area contributed by atoms with Crippen LogP contribution in [0.5, 0.6) is 0 Å². The maximum atomic E-state index is 10.6. The van der Waals surface area contributed by atoms with E-state index >= 15 is 0 Å². The number of rotatable bonds is 4. The molecule has 3 aromatic rings. The van der Waals surface area contributed by atoms with Crippen LogP contribution in [0.3, 0.4) is 0 Å². The first-order valence-corrected chi connectivity index (χ1v) is 7.21. The summed E-state index contributed by atoms with van der Waals surface area (Å²) in [5, 5.41) is 20.0. The molecule has 0 bridgehead atoms. The number of nitro benzene ring substituents is 1. The highest BCUT2D eigenvalue weighted by Crippen LogP contribution is 2.27. The Kier molecular flexibility index (Phi) is 3.97. The van der Waals surface area contributed by atoms with E-state index in [2.05, 4.69) is 15.2 Å². The van der Waals surface area contributed by atoms with Crippen LogP contribution in [0.2, 0.25) is 0 Å². The van der Waals surface area contributed by atoms with Gasteiger partial charge in [0.15, 0.2) is 0 Å². The van der Waals surface area contributed by atoms with E-state index in [4.69, 9.17) is 0 Å². The molecule has 7 heteroatoms. The van der Waals surface area contributed by atoms with Crippen molar-refractivity contribution >= 4 is 28.4 Å². The SMILES string of the molecule is O=[N+]([O-])c1ccc(/C=N/c2nnc(-c3ccccc3)s2)cc1. The molecule has 0 spiro atoms. The number of hydrogen-bond donors (Lipinski definition) is 0. The minimum atomic E-state index is -0.433. The van der Waals surface area contributed by atoms with Gasteiger partial charge in [0, 0.05) is 23.9 Å². The third-order valence-corrected chi connectivity index (χ3v) is 3.74. The van der Waals surface area contributed by atoms with Crippen LogP contribution < -0.4 is 0 Å². The predicted octanol–water partition coefficient (Wildman–Crippen LogP) is 3.86. The second kappa shape index (κ2) is 6.23. The Hall–Kier alpha value is -2.93. The molecule has 6 nitrogen and oxygen atoms in total. The molecule has 108 valence electrons. The Balaban J connectivity index is 1.76. The van der Waals surface area contributed by atoms with Crippen molar-refractivity contribution < 1.29 is 4.92 Å². The molecule has 0 amide bonds. The maximum Gasteiger partial charge on any atom is 0.269 e. The number of hydrogen-bond acceptors (Lipinski definition) is 6. The molecule has 1 aromatic heterocycles. The van der Waals surface area contributed by atoms with Gasteiger partial charge in [-0.3, -0.25) is 10.1 Å². The molecule has 22 heavy (non-hydrogen) atoms. The van der Waals surface area contributed by atoms with Crippen molar-refractivity contribution in [3.05, 3.63) is 70.3 Å². The van der Waals surface area contributed by atoms with E-state index in [9.17, 15) is 10.1 Å². The van der Waals surface area contributed by atoms with E-state index in [-0.39, 0.29) is 5.69 Å². The minimum Gasteiger partial charge on any atom is -0.258 e. The summed E-state index contributed by atoms with van der Waals surface area (Å²) in [5.74, 6) is 0. The van der Waals surface area contributed by atoms with Gasteiger partial charge in [0.25, 0.3) is 5.69 Å². The van der Waals surface area contributed by atoms with Crippen LogP contribution in [0.4, 0.5) is 10.8 Å². The lowest BCUT2D eigenvalue weighted by Gasteiger charge is -1.92. The summed E-state index contributed by atoms with van der Waals surface area (Å²) in [6.07, 6.45) is 1.61. The topological polar surface area (TPSA) is 81.3 Å². The van der Waals surface area contributed by atoms with E-state index in [1.807, 2.05) is 30.3 Å². The predicted molar refractivity (Wildman–Crippen MR) is 85.7 cm³/mol. The maximum absolute atomic E-state index is 10.6. The zero-order valence-electron chi connectivity index (χ0n) is 11.3. The lowest BCUT2D eigenvalue weighted by atomic mass is 10.2. The van der Waals surface area contributed by atoms with Crippen molar-refractivity contribution in [2.75, 3.05) is 0 Å². The highest BCUT2D eigenvalue weighted by Gasteiger charge is 2.05. The van der Waals surface area contributed by atoms with Crippen LogP contribution in [0.25, 0.3) is 10.6 Å². The van der Waals surface area contributed by atoms with Gasteiger partial charge in [0.1, 0.15) is 5.01 Å². The number of nitrogens with zero attached hydrogens (tertiary/aromatic N) is 4. The molecule has 0 aliphatic rings. The molecule has 0 saturated carbocycles. The van der Waals surface area contributed by atoms with Gasteiger partial charge in [-0.2, -0.15) is 0 Å². The first kappa shape index (κ1) is 14.0. The lowest BCUT2D eigenvalue weighted by molar-refractivity contribution is -0.384. The first-order valence-electron chi connectivity index (χ1n) is 6.40. The summed E-state index contributed by atoms with van der Waals surface area (Å²) in [6, 6.07) is 15.9. The van der Waals surface area contributed by atoms with E-state index in [1.54, 1.807) is 18.3 Å². The normalized spacial score (nSPS) is 10.9. The van der Waals surface area contributed by atoms with Crippen molar-refractivity contribution in [3.63, 3.8) is 0 Å². The molecular formula is C15H10N4O2S. The first-order chi connectivity index (χ1) is 10.7. The summed E-state index contributed by atoms with van der Waals surface area (Å²) >= 11 is 1.38. The van der Waals surface area contributed by atoms with Gasteiger partial charge in [-0.15, -0.1) is 10.2 Å². The van der Waals surface area contributed by atoms with Crippen molar-refractivity contribution in [2.45, 2.75) is 0 Å². The van der Waals surface area contributed by atoms with Gasteiger partial charge in [0.2, 0.25) is 5.13 Å². The minimum absolute atomic E-state index is 0.0550. The van der Waals surface area contributed by atoms with Gasteiger partial charge in [0.05, 0.1) is 4.92 Å². The molecule has 0 fully saturated rings. The van der Waals surface area contributed by atoms with Gasteiger partial charge in [-0.25, -0.2) is 4.99 Å². The van der Waals surface area contributed by atoms with E-state index in [0.717, 1.165) is 16.1 Å². The standard InChI is InChI=1S/C15H10N4O2S/c20-19(21)13-8-6-11(7-9-13)10-16-15-18-17-14(22-15)12-4-2-1-3-5-12/h1-10H/b16-10+. The molecule has 1 heterocycles. The Morgan fingerprint density at radius 2 is 1.77 bits per heavy atom. The van der Waals surface area contributed by atoms with Crippen LogP contribution in [-0.2, 0) is 0 Å². The molecular weight excluding hydrogens is 300 g/mol. The average Bonchev–Trinajstić information content (AvgIpc) is 3.03. The lowest BCUT2D eigenvalue weighted by Crippen LogP contribution is -1.88. The molecule has 3 rings (SSSR count). The summed E-state index contributed by atoms with van der Waals surface area (Å²) < 4.78 is 0. The summed E-state index contributed by atoms with van der Waals surface area (Å²) in [7, 11) is 0. The summed E-state index contributed by atoms with van der Waals surface area (Å²) in [5.41, 5.74) is 1.82. The highest BCUT2D eigenvalue weighted by atomic mass is 32.1. The van der Waals surface area contributed by atoms with E-state index in [1.165, 1.54) is 23.5 Å². The van der Waals surface area contributed by atoms with E-state index in [0.29, 0.717) is 5.13 Å². The summed E-state index contributed by atoms with van der Waals surface area (Å²) in [4.78, 5) is 14.4. The van der Waals surface area contributed by atoms with Gasteiger partial charge < -0.3 is 0 Å². The highest BCUT2D eigenvalue weighted by molar-refractivity contribution is 7.18. The molecule has 0 radical (unpaired) electrons. The van der Waals surface area contributed by atoms with Gasteiger partial charge in [-0.05, 0) is 17.7 Å². The van der Waals surface area contributed by atoms with Gasteiger partial charge >= 0.3 is 0 Å². The van der Waals surface area contributed by atoms with Crippen molar-refractivity contribution in [1.82, 2.24) is 10.2 Å².